The fourth-order valence-corrected chi connectivity index (χ4v) is 3.72. The third-order valence-electron chi connectivity index (χ3n) is 4.29. The summed E-state index contributed by atoms with van der Waals surface area (Å²) >= 11 is 1.33. The zero-order valence-electron chi connectivity index (χ0n) is 15.4. The van der Waals surface area contributed by atoms with Crippen LogP contribution in [-0.2, 0) is 0 Å². The van der Waals surface area contributed by atoms with Crippen molar-refractivity contribution in [3.8, 4) is 17.0 Å². The van der Waals surface area contributed by atoms with Crippen LogP contribution < -0.4 is 10.3 Å². The Bertz CT molecular complexity index is 1010. The lowest BCUT2D eigenvalue weighted by molar-refractivity contribution is 0.0663. The van der Waals surface area contributed by atoms with Gasteiger partial charge in [0, 0.05) is 24.2 Å². The molecule has 0 aliphatic rings. The zero-order chi connectivity index (χ0) is 19.6. The summed E-state index contributed by atoms with van der Waals surface area (Å²) in [6, 6.07) is 7.19. The number of amides is 1. The van der Waals surface area contributed by atoms with Crippen LogP contribution in [0.2, 0.25) is 0 Å². The van der Waals surface area contributed by atoms with Crippen LogP contribution in [0.1, 0.15) is 24.2 Å². The molecule has 1 aromatic carbocycles. The number of benzene rings is 1. The summed E-state index contributed by atoms with van der Waals surface area (Å²) in [5.74, 6) is 0.286. The van der Waals surface area contributed by atoms with Gasteiger partial charge in [-0.3, -0.25) is 14.0 Å². The normalized spacial score (nSPS) is 11.1. The van der Waals surface area contributed by atoms with Crippen molar-refractivity contribution in [2.75, 3.05) is 20.3 Å². The number of aromatic nitrogens is 2. The molecular formula is C19H21N3O4S. The third kappa shape index (κ3) is 3.58. The molecule has 3 rings (SSSR count). The zero-order valence-corrected chi connectivity index (χ0v) is 16.2. The summed E-state index contributed by atoms with van der Waals surface area (Å²) in [7, 11) is 1.59. The molecule has 7 nitrogen and oxygen atoms in total. The van der Waals surface area contributed by atoms with Crippen LogP contribution >= 0.6 is 11.3 Å². The highest BCUT2D eigenvalue weighted by molar-refractivity contribution is 7.15. The molecule has 2 heterocycles. The summed E-state index contributed by atoms with van der Waals surface area (Å²) in [6.45, 7) is 3.67. The number of ether oxygens (including phenoxy) is 1. The van der Waals surface area contributed by atoms with Crippen molar-refractivity contribution in [3.05, 3.63) is 51.8 Å². The molecule has 1 N–H and O–H groups in total. The molecule has 0 radical (unpaired) electrons. The van der Waals surface area contributed by atoms with Gasteiger partial charge in [0.1, 0.15) is 11.3 Å². The number of carbonyl (C=O) groups excluding carboxylic acids is 1. The smallest absolute Gasteiger partial charge is 0.271 e. The molecule has 1 amide bonds. The van der Waals surface area contributed by atoms with Crippen LogP contribution in [0.3, 0.4) is 0 Å². The first-order chi connectivity index (χ1) is 13.0. The van der Waals surface area contributed by atoms with Crippen LogP contribution in [-0.4, -0.2) is 51.6 Å². The lowest BCUT2D eigenvalue weighted by atomic mass is 10.1. The minimum Gasteiger partial charge on any atom is -0.497 e. The van der Waals surface area contributed by atoms with E-state index in [2.05, 4.69) is 4.98 Å². The molecule has 3 aromatic rings. The number of thiazole rings is 1. The minimum atomic E-state index is -0.433. The summed E-state index contributed by atoms with van der Waals surface area (Å²) in [5.41, 5.74) is 1.07. The van der Waals surface area contributed by atoms with E-state index in [1.54, 1.807) is 7.11 Å². The quantitative estimate of drug-likeness (QED) is 0.701. The van der Waals surface area contributed by atoms with Gasteiger partial charge in [0.05, 0.1) is 19.4 Å². The Labute approximate surface area is 160 Å². The lowest BCUT2D eigenvalue weighted by Crippen LogP contribution is -2.41. The van der Waals surface area contributed by atoms with Crippen molar-refractivity contribution in [2.24, 2.45) is 0 Å². The van der Waals surface area contributed by atoms with Gasteiger partial charge >= 0.3 is 0 Å². The molecule has 27 heavy (non-hydrogen) atoms. The molecule has 142 valence electrons. The number of hydrogen-bond acceptors (Lipinski definition) is 6. The van der Waals surface area contributed by atoms with Crippen LogP contribution in [0.25, 0.3) is 16.2 Å². The first-order valence-corrected chi connectivity index (χ1v) is 9.41. The van der Waals surface area contributed by atoms with Gasteiger partial charge in [-0.1, -0.05) is 0 Å². The van der Waals surface area contributed by atoms with E-state index < -0.39 is 11.5 Å². The predicted octanol–water partition coefficient (Wildman–Crippen LogP) is 2.27. The van der Waals surface area contributed by atoms with Gasteiger partial charge in [-0.05, 0) is 43.7 Å². The number of hydrogen-bond donors (Lipinski definition) is 1. The predicted molar refractivity (Wildman–Crippen MR) is 105 cm³/mol. The molecule has 0 saturated carbocycles. The van der Waals surface area contributed by atoms with E-state index in [0.29, 0.717) is 10.7 Å². The van der Waals surface area contributed by atoms with Gasteiger partial charge in [0.15, 0.2) is 4.96 Å². The average Bonchev–Trinajstić information content (AvgIpc) is 3.10. The second-order valence-electron chi connectivity index (χ2n) is 6.26. The Morgan fingerprint density at radius 1 is 1.33 bits per heavy atom. The first-order valence-electron chi connectivity index (χ1n) is 8.53. The maximum Gasteiger partial charge on any atom is 0.271 e. The molecule has 0 aliphatic heterocycles. The van der Waals surface area contributed by atoms with Gasteiger partial charge in [0.25, 0.3) is 11.5 Å². The van der Waals surface area contributed by atoms with Crippen molar-refractivity contribution < 1.29 is 14.6 Å². The van der Waals surface area contributed by atoms with Gasteiger partial charge < -0.3 is 14.7 Å². The van der Waals surface area contributed by atoms with Crippen LogP contribution in [0, 0.1) is 0 Å². The van der Waals surface area contributed by atoms with E-state index in [1.165, 1.54) is 26.8 Å². The number of rotatable bonds is 6. The molecule has 0 unspecified atom stereocenters. The Balaban J connectivity index is 2.11. The largest absolute Gasteiger partial charge is 0.497 e. The molecule has 0 fully saturated rings. The van der Waals surface area contributed by atoms with E-state index >= 15 is 0 Å². The first kappa shape index (κ1) is 19.1. The van der Waals surface area contributed by atoms with E-state index in [9.17, 15) is 14.7 Å². The highest BCUT2D eigenvalue weighted by Gasteiger charge is 2.23. The average molecular weight is 387 g/mol. The second kappa shape index (κ2) is 7.89. The number of fused-ring (bicyclic) bond motifs is 1. The molecule has 2 aromatic heterocycles. The Morgan fingerprint density at radius 3 is 2.63 bits per heavy atom. The van der Waals surface area contributed by atoms with Crippen LogP contribution in [0.5, 0.6) is 5.75 Å². The number of carbonyl (C=O) groups is 1. The number of aliphatic hydroxyl groups is 1. The fourth-order valence-electron chi connectivity index (χ4n) is 2.86. The summed E-state index contributed by atoms with van der Waals surface area (Å²) in [6.07, 6.45) is 1.32. The topological polar surface area (TPSA) is 84.1 Å². The number of aliphatic hydroxyl groups excluding tert-OH is 1. The second-order valence-corrected chi connectivity index (χ2v) is 7.10. The Kier molecular flexibility index (Phi) is 5.57. The maximum absolute atomic E-state index is 13.1. The lowest BCUT2D eigenvalue weighted by Gasteiger charge is -2.25. The molecule has 0 aliphatic carbocycles. The van der Waals surface area contributed by atoms with Gasteiger partial charge in [-0.2, -0.15) is 0 Å². The number of nitrogens with zero attached hydrogens (tertiary/aromatic N) is 3. The summed E-state index contributed by atoms with van der Waals surface area (Å²) in [4.78, 5) is 32.2. The van der Waals surface area contributed by atoms with Crippen LogP contribution in [0.15, 0.2) is 40.6 Å². The van der Waals surface area contributed by atoms with Crippen LogP contribution in [0.4, 0.5) is 0 Å². The Morgan fingerprint density at radius 2 is 2.04 bits per heavy atom. The van der Waals surface area contributed by atoms with E-state index in [-0.39, 0.29) is 24.8 Å². The standard InChI is InChI=1S/C19H21N3O4S/c1-12(2)21(8-9-23)17(24)15-10-20-19-22(18(15)25)16(11-27-19)13-4-6-14(26-3)7-5-13/h4-7,10-12,23H,8-9H2,1-3H3. The van der Waals surface area contributed by atoms with E-state index in [1.807, 2.05) is 43.5 Å². The third-order valence-corrected chi connectivity index (χ3v) is 5.13. The van der Waals surface area contributed by atoms with E-state index in [4.69, 9.17) is 4.74 Å². The van der Waals surface area contributed by atoms with Gasteiger partial charge in [-0.15, -0.1) is 11.3 Å². The maximum atomic E-state index is 13.1. The molecule has 0 atom stereocenters. The highest BCUT2D eigenvalue weighted by atomic mass is 32.1. The molecule has 0 spiro atoms. The Hall–Kier alpha value is -2.71. The summed E-state index contributed by atoms with van der Waals surface area (Å²) < 4.78 is 6.63. The number of methoxy groups -OCH3 is 1. The van der Waals surface area contributed by atoms with Crippen molar-refractivity contribution in [1.82, 2.24) is 14.3 Å². The minimum absolute atomic E-state index is 0.0113. The SMILES string of the molecule is COc1ccc(-c2csc3ncc(C(=O)N(CCO)C(C)C)c(=O)n23)cc1. The van der Waals surface area contributed by atoms with E-state index in [0.717, 1.165) is 11.3 Å². The molecule has 0 saturated heterocycles. The van der Waals surface area contributed by atoms with Crippen molar-refractivity contribution in [1.29, 1.82) is 0 Å². The fraction of sp³-hybridized carbons (Fsp3) is 0.316. The summed E-state index contributed by atoms with van der Waals surface area (Å²) in [5, 5.41) is 11.1. The van der Waals surface area contributed by atoms with Crippen molar-refractivity contribution in [3.63, 3.8) is 0 Å². The highest BCUT2D eigenvalue weighted by Crippen LogP contribution is 2.26. The molecular weight excluding hydrogens is 366 g/mol. The monoisotopic (exact) mass is 387 g/mol. The van der Waals surface area contributed by atoms with Crippen molar-refractivity contribution in [2.45, 2.75) is 19.9 Å². The van der Waals surface area contributed by atoms with Gasteiger partial charge in [-0.25, -0.2) is 4.98 Å². The van der Waals surface area contributed by atoms with Crippen molar-refractivity contribution >= 4 is 22.2 Å². The molecule has 0 bridgehead atoms. The molecule has 8 heteroatoms. The van der Waals surface area contributed by atoms with Gasteiger partial charge in [0.2, 0.25) is 0 Å².